The van der Waals surface area contributed by atoms with E-state index < -0.39 is 0 Å². The molecule has 3 nitrogen and oxygen atoms in total. The van der Waals surface area contributed by atoms with E-state index in [0.29, 0.717) is 6.04 Å². The molecule has 0 amide bonds. The van der Waals surface area contributed by atoms with E-state index in [-0.39, 0.29) is 0 Å². The number of aromatic nitrogens is 1. The summed E-state index contributed by atoms with van der Waals surface area (Å²) in [6.07, 6.45) is 6.69. The molecule has 1 saturated carbocycles. The van der Waals surface area contributed by atoms with E-state index in [4.69, 9.17) is 4.74 Å². The van der Waals surface area contributed by atoms with Gasteiger partial charge in [0.25, 0.3) is 0 Å². The number of hydrogen-bond donors (Lipinski definition) is 1. The molecule has 1 aromatic heterocycles. The van der Waals surface area contributed by atoms with Crippen LogP contribution in [0.3, 0.4) is 0 Å². The summed E-state index contributed by atoms with van der Waals surface area (Å²) in [4.78, 5) is 4.38. The first-order valence-electron chi connectivity index (χ1n) is 7.15. The molecule has 1 N–H and O–H groups in total. The first-order chi connectivity index (χ1) is 9.15. The van der Waals surface area contributed by atoms with Gasteiger partial charge in [-0.15, -0.1) is 0 Å². The molecule has 0 saturated heterocycles. The minimum Gasteiger partial charge on any atom is -0.477 e. The maximum Gasteiger partial charge on any atom is 0.217 e. The summed E-state index contributed by atoms with van der Waals surface area (Å²) in [7, 11) is 0. The predicted molar refractivity (Wildman–Crippen MR) is 81.4 cm³/mol. The quantitative estimate of drug-likeness (QED) is 0.735. The smallest absolute Gasteiger partial charge is 0.217 e. The molecule has 0 radical (unpaired) electrons. The molecular weight excluding hydrogens is 304 g/mol. The molecule has 0 bridgehead atoms. The highest BCUT2D eigenvalue weighted by molar-refractivity contribution is 9.10. The number of halogens is 1. The van der Waals surface area contributed by atoms with Crippen molar-refractivity contribution in [3.8, 4) is 5.88 Å². The normalized spacial score (nSPS) is 14.9. The van der Waals surface area contributed by atoms with Crippen molar-refractivity contribution in [3.63, 3.8) is 0 Å². The first-order valence-corrected chi connectivity index (χ1v) is 7.95. The van der Waals surface area contributed by atoms with Crippen molar-refractivity contribution in [1.82, 2.24) is 10.3 Å². The largest absolute Gasteiger partial charge is 0.477 e. The van der Waals surface area contributed by atoms with Crippen LogP contribution >= 0.6 is 15.9 Å². The lowest BCUT2D eigenvalue weighted by Crippen LogP contribution is -2.16. The van der Waals surface area contributed by atoms with Crippen LogP contribution in [0.2, 0.25) is 0 Å². The minimum atomic E-state index is 0.702. The van der Waals surface area contributed by atoms with E-state index in [1.165, 1.54) is 19.3 Å². The molecule has 1 fully saturated rings. The van der Waals surface area contributed by atoms with Crippen molar-refractivity contribution in [1.29, 1.82) is 0 Å². The molecule has 106 valence electrons. The fourth-order valence-corrected chi connectivity index (χ4v) is 2.31. The van der Waals surface area contributed by atoms with Gasteiger partial charge < -0.3 is 10.1 Å². The number of nitrogens with one attached hydrogen (secondary N) is 1. The van der Waals surface area contributed by atoms with E-state index >= 15 is 0 Å². The molecule has 1 aliphatic rings. The maximum absolute atomic E-state index is 5.82. The Morgan fingerprint density at radius 2 is 2.26 bits per heavy atom. The Morgan fingerprint density at radius 1 is 1.47 bits per heavy atom. The van der Waals surface area contributed by atoms with E-state index in [1.54, 1.807) is 6.20 Å². The fraction of sp³-hybridized carbons (Fsp3) is 0.667. The van der Waals surface area contributed by atoms with Crippen LogP contribution in [0.1, 0.15) is 45.1 Å². The van der Waals surface area contributed by atoms with Gasteiger partial charge in [0.05, 0.1) is 6.61 Å². The zero-order chi connectivity index (χ0) is 13.7. The number of rotatable bonds is 8. The summed E-state index contributed by atoms with van der Waals surface area (Å²) in [5, 5.41) is 3.51. The number of ether oxygens (including phenoxy) is 1. The van der Waals surface area contributed by atoms with Gasteiger partial charge in [-0.1, -0.05) is 13.8 Å². The van der Waals surface area contributed by atoms with Gasteiger partial charge >= 0.3 is 0 Å². The van der Waals surface area contributed by atoms with Gasteiger partial charge in [-0.2, -0.15) is 0 Å². The van der Waals surface area contributed by atoms with Crippen molar-refractivity contribution in [2.75, 3.05) is 6.61 Å². The molecule has 1 heterocycles. The molecule has 0 atom stereocenters. The van der Waals surface area contributed by atoms with Gasteiger partial charge in [0.1, 0.15) is 0 Å². The van der Waals surface area contributed by atoms with Gasteiger partial charge in [-0.25, -0.2) is 4.98 Å². The van der Waals surface area contributed by atoms with E-state index in [2.05, 4.69) is 46.1 Å². The van der Waals surface area contributed by atoms with Gasteiger partial charge in [-0.3, -0.25) is 0 Å². The van der Waals surface area contributed by atoms with Crippen LogP contribution in [0.4, 0.5) is 0 Å². The summed E-state index contributed by atoms with van der Waals surface area (Å²) >= 11 is 3.47. The van der Waals surface area contributed by atoms with E-state index in [0.717, 1.165) is 41.4 Å². The summed E-state index contributed by atoms with van der Waals surface area (Å²) in [5.41, 5.74) is 1.14. The zero-order valence-electron chi connectivity index (χ0n) is 11.8. The molecule has 0 aromatic carbocycles. The second-order valence-corrected chi connectivity index (χ2v) is 6.57. The van der Waals surface area contributed by atoms with Crippen LogP contribution in [0.25, 0.3) is 0 Å². The van der Waals surface area contributed by atoms with Crippen LogP contribution < -0.4 is 10.1 Å². The van der Waals surface area contributed by atoms with Crippen LogP contribution in [0.15, 0.2) is 16.7 Å². The summed E-state index contributed by atoms with van der Waals surface area (Å²) in [6.45, 7) is 6.07. The van der Waals surface area contributed by atoms with Gasteiger partial charge in [0.15, 0.2) is 0 Å². The Bertz CT molecular complexity index is 405. The zero-order valence-corrected chi connectivity index (χ0v) is 13.4. The predicted octanol–water partition coefficient (Wildman–Crippen LogP) is 3.91. The molecule has 1 aliphatic carbocycles. The van der Waals surface area contributed by atoms with E-state index in [1.807, 2.05) is 0 Å². The molecule has 0 unspecified atom stereocenters. The van der Waals surface area contributed by atoms with Crippen molar-refractivity contribution in [3.05, 3.63) is 22.3 Å². The lowest BCUT2D eigenvalue weighted by Gasteiger charge is -2.12. The number of hydrogen-bond acceptors (Lipinski definition) is 3. The van der Waals surface area contributed by atoms with Crippen LogP contribution in [0, 0.1) is 5.92 Å². The summed E-state index contributed by atoms with van der Waals surface area (Å²) in [5.74, 6) is 1.51. The number of pyridine rings is 1. The topological polar surface area (TPSA) is 34.1 Å². The van der Waals surface area contributed by atoms with Crippen LogP contribution in [0.5, 0.6) is 5.88 Å². The standard InChI is InChI=1S/C15H23BrN2O/c1-11(2)4-3-7-19-15-12(8-13(16)10-18-15)9-17-14-5-6-14/h8,10-11,14,17H,3-7,9H2,1-2H3. The van der Waals surface area contributed by atoms with Crippen LogP contribution in [-0.4, -0.2) is 17.6 Å². The lowest BCUT2D eigenvalue weighted by atomic mass is 10.1. The summed E-state index contributed by atoms with van der Waals surface area (Å²) < 4.78 is 6.83. The Kier molecular flexibility index (Phi) is 5.64. The Morgan fingerprint density at radius 3 is 2.95 bits per heavy atom. The molecule has 19 heavy (non-hydrogen) atoms. The van der Waals surface area contributed by atoms with Gasteiger partial charge in [0, 0.05) is 28.8 Å². The highest BCUT2D eigenvalue weighted by Crippen LogP contribution is 2.23. The van der Waals surface area contributed by atoms with Gasteiger partial charge in [0.2, 0.25) is 5.88 Å². The molecule has 1 aromatic rings. The van der Waals surface area contributed by atoms with Gasteiger partial charge in [-0.05, 0) is 53.6 Å². The average Bonchev–Trinajstić information content (AvgIpc) is 3.17. The second kappa shape index (κ2) is 7.25. The highest BCUT2D eigenvalue weighted by Gasteiger charge is 2.20. The SMILES string of the molecule is CC(C)CCCOc1ncc(Br)cc1CNC1CC1. The van der Waals surface area contributed by atoms with Crippen molar-refractivity contribution < 1.29 is 4.74 Å². The minimum absolute atomic E-state index is 0.702. The van der Waals surface area contributed by atoms with Crippen molar-refractivity contribution in [2.45, 2.75) is 52.1 Å². The second-order valence-electron chi connectivity index (χ2n) is 5.66. The Labute approximate surface area is 124 Å². The summed E-state index contributed by atoms with van der Waals surface area (Å²) in [6, 6.07) is 2.80. The maximum atomic E-state index is 5.82. The first kappa shape index (κ1) is 14.8. The van der Waals surface area contributed by atoms with E-state index in [9.17, 15) is 0 Å². The third kappa shape index (κ3) is 5.49. The third-order valence-corrected chi connectivity index (χ3v) is 3.65. The molecular formula is C15H23BrN2O. The third-order valence-electron chi connectivity index (χ3n) is 3.22. The Hall–Kier alpha value is -0.610. The monoisotopic (exact) mass is 326 g/mol. The lowest BCUT2D eigenvalue weighted by molar-refractivity contribution is 0.283. The Balaban J connectivity index is 1.85. The number of nitrogens with zero attached hydrogens (tertiary/aromatic N) is 1. The molecule has 0 aliphatic heterocycles. The average molecular weight is 327 g/mol. The van der Waals surface area contributed by atoms with Crippen LogP contribution in [-0.2, 0) is 6.54 Å². The highest BCUT2D eigenvalue weighted by atomic mass is 79.9. The van der Waals surface area contributed by atoms with Crippen molar-refractivity contribution in [2.24, 2.45) is 5.92 Å². The fourth-order valence-electron chi connectivity index (χ4n) is 1.93. The molecule has 0 spiro atoms. The molecule has 2 rings (SSSR count). The van der Waals surface area contributed by atoms with Crippen molar-refractivity contribution >= 4 is 15.9 Å². The molecule has 4 heteroatoms.